The van der Waals surface area contributed by atoms with Gasteiger partial charge in [0, 0.05) is 12.6 Å². The first-order chi connectivity index (χ1) is 9.23. The molecule has 0 bridgehead atoms. The zero-order valence-corrected chi connectivity index (χ0v) is 13.1. The molecule has 0 aliphatic rings. The average Bonchev–Trinajstić information content (AvgIpc) is 2.34. The molecule has 1 rings (SSSR count). The third-order valence-electron chi connectivity index (χ3n) is 3.21. The maximum Gasteiger partial charge on any atom is 0.160 e. The second kappa shape index (κ2) is 6.95. The first-order valence-electron chi connectivity index (χ1n) is 7.01. The minimum Gasteiger partial charge on any atom is -0.504 e. The molecule has 0 fully saturated rings. The summed E-state index contributed by atoms with van der Waals surface area (Å²) in [6, 6.07) is 5.37. The summed E-state index contributed by atoms with van der Waals surface area (Å²) in [5.74, 6) is 0.600. The average molecular weight is 281 g/mol. The van der Waals surface area contributed by atoms with Crippen molar-refractivity contribution < 1.29 is 14.9 Å². The van der Waals surface area contributed by atoms with Gasteiger partial charge in [0.25, 0.3) is 0 Å². The largest absolute Gasteiger partial charge is 0.504 e. The lowest BCUT2D eigenvalue weighted by atomic mass is 9.89. The van der Waals surface area contributed by atoms with Gasteiger partial charge in [0.1, 0.15) is 0 Å². The molecule has 2 unspecified atom stereocenters. The molecule has 4 nitrogen and oxygen atoms in total. The fourth-order valence-corrected chi connectivity index (χ4v) is 2.17. The van der Waals surface area contributed by atoms with Crippen LogP contribution in [0.5, 0.6) is 11.5 Å². The van der Waals surface area contributed by atoms with E-state index in [0.717, 1.165) is 12.0 Å². The summed E-state index contributed by atoms with van der Waals surface area (Å²) in [6.07, 6.45) is 0.391. The van der Waals surface area contributed by atoms with Gasteiger partial charge in [-0.2, -0.15) is 0 Å². The highest BCUT2D eigenvalue weighted by atomic mass is 16.5. The lowest BCUT2D eigenvalue weighted by molar-refractivity contribution is 0.117. The molecular formula is C16H27NO3. The second-order valence-corrected chi connectivity index (χ2v) is 6.48. The van der Waals surface area contributed by atoms with Crippen molar-refractivity contribution >= 4 is 0 Å². The predicted molar refractivity (Wildman–Crippen MR) is 81.2 cm³/mol. The van der Waals surface area contributed by atoms with Crippen molar-refractivity contribution in [2.45, 2.75) is 46.3 Å². The van der Waals surface area contributed by atoms with E-state index in [1.807, 2.05) is 19.1 Å². The monoisotopic (exact) mass is 281 g/mol. The molecule has 0 saturated carbocycles. The smallest absolute Gasteiger partial charge is 0.160 e. The van der Waals surface area contributed by atoms with E-state index in [4.69, 9.17) is 4.74 Å². The van der Waals surface area contributed by atoms with Crippen molar-refractivity contribution in [3.05, 3.63) is 23.8 Å². The summed E-state index contributed by atoms with van der Waals surface area (Å²) in [4.78, 5) is 0. The van der Waals surface area contributed by atoms with E-state index >= 15 is 0 Å². The van der Waals surface area contributed by atoms with Crippen LogP contribution in [0.3, 0.4) is 0 Å². The van der Waals surface area contributed by atoms with Gasteiger partial charge in [-0.25, -0.2) is 0 Å². The van der Waals surface area contributed by atoms with Gasteiger partial charge < -0.3 is 20.3 Å². The zero-order valence-electron chi connectivity index (χ0n) is 13.1. The van der Waals surface area contributed by atoms with Crippen LogP contribution in [0, 0.1) is 5.41 Å². The summed E-state index contributed by atoms with van der Waals surface area (Å²) >= 11 is 0. The van der Waals surface area contributed by atoms with E-state index < -0.39 is 0 Å². The number of aromatic hydroxyl groups is 1. The number of ether oxygens (including phenoxy) is 1. The van der Waals surface area contributed by atoms with Crippen molar-refractivity contribution in [1.82, 2.24) is 5.32 Å². The minimum absolute atomic E-state index is 0.0825. The molecule has 20 heavy (non-hydrogen) atoms. The quantitative estimate of drug-likeness (QED) is 0.750. The van der Waals surface area contributed by atoms with Gasteiger partial charge in [-0.1, -0.05) is 26.8 Å². The summed E-state index contributed by atoms with van der Waals surface area (Å²) < 4.78 is 5.10. The maximum absolute atomic E-state index is 10.00. The molecule has 1 aromatic rings. The lowest BCUT2D eigenvalue weighted by Gasteiger charge is -2.24. The van der Waals surface area contributed by atoms with Crippen molar-refractivity contribution in [1.29, 1.82) is 0 Å². The third kappa shape index (κ3) is 5.39. The van der Waals surface area contributed by atoms with Crippen LogP contribution in [0.15, 0.2) is 18.2 Å². The number of benzene rings is 1. The van der Waals surface area contributed by atoms with Crippen LogP contribution < -0.4 is 10.1 Å². The molecule has 1 aromatic carbocycles. The maximum atomic E-state index is 10.00. The Morgan fingerprint density at radius 3 is 2.50 bits per heavy atom. The Morgan fingerprint density at radius 1 is 1.30 bits per heavy atom. The Kier molecular flexibility index (Phi) is 5.84. The molecule has 4 heteroatoms. The Balaban J connectivity index is 2.56. The SMILES string of the molecule is COc1cc(C(C)NCC(O)CC(C)(C)C)ccc1O. The standard InChI is InChI=1S/C16H27NO3/c1-11(17-10-13(18)9-16(2,3)4)12-6-7-14(19)15(8-12)20-5/h6-8,11,13,17-19H,9-10H2,1-5H3. The van der Waals surface area contributed by atoms with Crippen molar-refractivity contribution in [2.75, 3.05) is 13.7 Å². The van der Waals surface area contributed by atoms with Crippen LogP contribution in [0.4, 0.5) is 0 Å². The normalized spacial score (nSPS) is 14.9. The molecule has 0 aliphatic carbocycles. The number of rotatable bonds is 6. The van der Waals surface area contributed by atoms with Crippen LogP contribution in [0.25, 0.3) is 0 Å². The highest BCUT2D eigenvalue weighted by Gasteiger charge is 2.17. The second-order valence-electron chi connectivity index (χ2n) is 6.48. The summed E-state index contributed by atoms with van der Waals surface area (Å²) in [5, 5.41) is 22.9. The van der Waals surface area contributed by atoms with Crippen LogP contribution in [-0.2, 0) is 0 Å². The fourth-order valence-electron chi connectivity index (χ4n) is 2.17. The van der Waals surface area contributed by atoms with E-state index in [0.29, 0.717) is 12.3 Å². The number of aliphatic hydroxyl groups is 1. The predicted octanol–water partition coefficient (Wildman–Crippen LogP) is 2.85. The molecule has 2 atom stereocenters. The molecule has 0 amide bonds. The van der Waals surface area contributed by atoms with Gasteiger partial charge in [-0.3, -0.25) is 0 Å². The molecule has 114 valence electrons. The van der Waals surface area contributed by atoms with Crippen LogP contribution in [-0.4, -0.2) is 30.0 Å². The molecule has 0 saturated heterocycles. The highest BCUT2D eigenvalue weighted by Crippen LogP contribution is 2.29. The molecule has 0 aromatic heterocycles. The molecule has 0 heterocycles. The number of phenols is 1. The number of aliphatic hydroxyl groups excluding tert-OH is 1. The number of hydrogen-bond donors (Lipinski definition) is 3. The van der Waals surface area contributed by atoms with Gasteiger partial charge in [-0.05, 0) is 36.5 Å². The van der Waals surface area contributed by atoms with Crippen molar-refractivity contribution in [2.24, 2.45) is 5.41 Å². The number of hydrogen-bond acceptors (Lipinski definition) is 4. The topological polar surface area (TPSA) is 61.7 Å². The lowest BCUT2D eigenvalue weighted by Crippen LogP contribution is -2.31. The Labute approximate surface area is 121 Å². The minimum atomic E-state index is -0.364. The first kappa shape index (κ1) is 16.8. The molecule has 3 N–H and O–H groups in total. The molecule has 0 aliphatic heterocycles. The van der Waals surface area contributed by atoms with E-state index in [-0.39, 0.29) is 23.3 Å². The number of phenolic OH excluding ortho intramolecular Hbond substituents is 1. The van der Waals surface area contributed by atoms with E-state index in [1.54, 1.807) is 6.07 Å². The zero-order chi connectivity index (χ0) is 15.3. The van der Waals surface area contributed by atoms with Crippen LogP contribution in [0.1, 0.15) is 45.7 Å². The van der Waals surface area contributed by atoms with Crippen LogP contribution >= 0.6 is 0 Å². The Bertz CT molecular complexity index is 426. The van der Waals surface area contributed by atoms with Gasteiger partial charge in [-0.15, -0.1) is 0 Å². The summed E-state index contributed by atoms with van der Waals surface area (Å²) in [5.41, 5.74) is 1.13. The van der Waals surface area contributed by atoms with E-state index in [9.17, 15) is 10.2 Å². The number of nitrogens with one attached hydrogen (secondary N) is 1. The Hall–Kier alpha value is -1.26. The Morgan fingerprint density at radius 2 is 1.95 bits per heavy atom. The van der Waals surface area contributed by atoms with Gasteiger partial charge in [0.05, 0.1) is 13.2 Å². The molecule has 0 spiro atoms. The van der Waals surface area contributed by atoms with E-state index in [1.165, 1.54) is 7.11 Å². The molecule has 0 radical (unpaired) electrons. The molecular weight excluding hydrogens is 254 g/mol. The fraction of sp³-hybridized carbons (Fsp3) is 0.625. The highest BCUT2D eigenvalue weighted by molar-refractivity contribution is 5.42. The van der Waals surface area contributed by atoms with Crippen molar-refractivity contribution in [3.8, 4) is 11.5 Å². The van der Waals surface area contributed by atoms with Gasteiger partial charge in [0.15, 0.2) is 11.5 Å². The summed E-state index contributed by atoms with van der Waals surface area (Å²) in [6.45, 7) is 8.91. The van der Waals surface area contributed by atoms with Gasteiger partial charge >= 0.3 is 0 Å². The summed E-state index contributed by atoms with van der Waals surface area (Å²) in [7, 11) is 1.53. The third-order valence-corrected chi connectivity index (χ3v) is 3.21. The van der Waals surface area contributed by atoms with Gasteiger partial charge in [0.2, 0.25) is 0 Å². The van der Waals surface area contributed by atoms with E-state index in [2.05, 4.69) is 26.1 Å². The first-order valence-corrected chi connectivity index (χ1v) is 7.01. The van der Waals surface area contributed by atoms with Crippen LogP contribution in [0.2, 0.25) is 0 Å². The van der Waals surface area contributed by atoms with Crippen molar-refractivity contribution in [3.63, 3.8) is 0 Å². The number of methoxy groups -OCH3 is 1.